The van der Waals surface area contributed by atoms with Crippen LogP contribution in [0, 0.1) is 13.8 Å². The average Bonchev–Trinajstić information content (AvgIpc) is 3.16. The molecule has 138 valence electrons. The van der Waals surface area contributed by atoms with E-state index in [1.165, 1.54) is 22.3 Å². The Morgan fingerprint density at radius 1 is 1.12 bits per heavy atom. The van der Waals surface area contributed by atoms with Crippen LogP contribution in [0.15, 0.2) is 41.4 Å². The predicted octanol–water partition coefficient (Wildman–Crippen LogP) is 4.30. The molecule has 0 bridgehead atoms. The standard InChI is InChI=1S/C21H26N2O2S/c1-14-6-5-7-19(15(14)2)20(23-21-22-8-9-26-21)12-16-10-17(24-3)13-18(11-16)25-4/h5-7,10-11,13,20H,8-9,12H2,1-4H3,(H,22,23). The molecule has 0 radical (unpaired) electrons. The number of benzene rings is 2. The van der Waals surface area contributed by atoms with E-state index in [0.29, 0.717) is 0 Å². The van der Waals surface area contributed by atoms with Crippen LogP contribution >= 0.6 is 11.8 Å². The summed E-state index contributed by atoms with van der Waals surface area (Å²) < 4.78 is 10.9. The fourth-order valence-electron chi connectivity index (χ4n) is 3.18. The Balaban J connectivity index is 1.94. The first kappa shape index (κ1) is 18.6. The summed E-state index contributed by atoms with van der Waals surface area (Å²) in [7, 11) is 3.37. The van der Waals surface area contributed by atoms with Gasteiger partial charge in [0, 0.05) is 11.8 Å². The van der Waals surface area contributed by atoms with E-state index in [1.54, 1.807) is 26.0 Å². The van der Waals surface area contributed by atoms with Crippen LogP contribution in [0.3, 0.4) is 0 Å². The molecule has 5 heteroatoms. The smallest absolute Gasteiger partial charge is 0.157 e. The Labute approximate surface area is 160 Å². The fourth-order valence-corrected chi connectivity index (χ4v) is 3.97. The van der Waals surface area contributed by atoms with Crippen LogP contribution in [0.25, 0.3) is 0 Å². The highest BCUT2D eigenvalue weighted by atomic mass is 32.2. The molecule has 1 heterocycles. The van der Waals surface area contributed by atoms with E-state index in [2.05, 4.69) is 54.5 Å². The van der Waals surface area contributed by atoms with Crippen LogP contribution < -0.4 is 14.8 Å². The molecule has 1 atom stereocenters. The molecule has 0 saturated heterocycles. The van der Waals surface area contributed by atoms with Crippen molar-refractivity contribution < 1.29 is 9.47 Å². The molecule has 2 aromatic rings. The summed E-state index contributed by atoms with van der Waals surface area (Å²) in [5.41, 5.74) is 5.10. The number of methoxy groups -OCH3 is 2. The number of nitrogens with zero attached hydrogens (tertiary/aromatic N) is 1. The third-order valence-electron chi connectivity index (χ3n) is 4.76. The van der Waals surface area contributed by atoms with Crippen molar-refractivity contribution in [2.24, 2.45) is 4.99 Å². The molecule has 0 amide bonds. The molecule has 4 nitrogen and oxygen atoms in total. The second kappa shape index (κ2) is 8.49. The van der Waals surface area contributed by atoms with Gasteiger partial charge in [-0.15, -0.1) is 0 Å². The van der Waals surface area contributed by atoms with Crippen molar-refractivity contribution in [2.75, 3.05) is 26.5 Å². The van der Waals surface area contributed by atoms with Gasteiger partial charge in [-0.2, -0.15) is 0 Å². The molecule has 1 unspecified atom stereocenters. The number of aryl methyl sites for hydroxylation is 1. The normalized spacial score (nSPS) is 14.7. The number of rotatable bonds is 6. The quantitative estimate of drug-likeness (QED) is 0.823. The van der Waals surface area contributed by atoms with Crippen molar-refractivity contribution in [2.45, 2.75) is 26.3 Å². The first-order chi connectivity index (χ1) is 12.6. The van der Waals surface area contributed by atoms with Gasteiger partial charge in [-0.1, -0.05) is 30.0 Å². The Morgan fingerprint density at radius 3 is 2.46 bits per heavy atom. The van der Waals surface area contributed by atoms with Crippen molar-refractivity contribution in [3.05, 3.63) is 58.7 Å². The first-order valence-corrected chi connectivity index (χ1v) is 9.81. The Kier molecular flexibility index (Phi) is 6.09. The zero-order valence-electron chi connectivity index (χ0n) is 15.8. The van der Waals surface area contributed by atoms with E-state index in [4.69, 9.17) is 9.47 Å². The number of ether oxygens (including phenoxy) is 2. The van der Waals surface area contributed by atoms with Gasteiger partial charge in [0.15, 0.2) is 5.17 Å². The van der Waals surface area contributed by atoms with Gasteiger partial charge in [0.1, 0.15) is 11.5 Å². The van der Waals surface area contributed by atoms with Crippen LogP contribution in [0.1, 0.15) is 28.3 Å². The zero-order chi connectivity index (χ0) is 18.5. The topological polar surface area (TPSA) is 42.8 Å². The van der Waals surface area contributed by atoms with Crippen molar-refractivity contribution in [1.82, 2.24) is 5.32 Å². The van der Waals surface area contributed by atoms with Gasteiger partial charge in [0.25, 0.3) is 0 Å². The van der Waals surface area contributed by atoms with Crippen LogP contribution in [0.5, 0.6) is 11.5 Å². The molecule has 0 aliphatic carbocycles. The molecule has 1 aliphatic rings. The maximum Gasteiger partial charge on any atom is 0.157 e. The van der Waals surface area contributed by atoms with Gasteiger partial charge in [0.2, 0.25) is 0 Å². The van der Waals surface area contributed by atoms with E-state index in [1.807, 2.05) is 6.07 Å². The van der Waals surface area contributed by atoms with Crippen molar-refractivity contribution in [3.63, 3.8) is 0 Å². The van der Waals surface area contributed by atoms with Crippen molar-refractivity contribution in [1.29, 1.82) is 0 Å². The van der Waals surface area contributed by atoms with E-state index >= 15 is 0 Å². The molecule has 3 rings (SSSR count). The minimum absolute atomic E-state index is 0.149. The maximum atomic E-state index is 5.43. The first-order valence-electron chi connectivity index (χ1n) is 8.82. The highest BCUT2D eigenvalue weighted by molar-refractivity contribution is 8.14. The van der Waals surface area contributed by atoms with Crippen molar-refractivity contribution in [3.8, 4) is 11.5 Å². The molecular formula is C21H26N2O2S. The summed E-state index contributed by atoms with van der Waals surface area (Å²) >= 11 is 1.79. The van der Waals surface area contributed by atoms with Crippen LogP contribution in [0.4, 0.5) is 0 Å². The van der Waals surface area contributed by atoms with Gasteiger partial charge < -0.3 is 14.8 Å². The van der Waals surface area contributed by atoms with Gasteiger partial charge in [-0.25, -0.2) is 0 Å². The van der Waals surface area contributed by atoms with E-state index < -0.39 is 0 Å². The highest BCUT2D eigenvalue weighted by Crippen LogP contribution is 2.29. The molecule has 1 N–H and O–H groups in total. The second-order valence-electron chi connectivity index (χ2n) is 6.45. The third kappa shape index (κ3) is 4.33. The summed E-state index contributed by atoms with van der Waals surface area (Å²) in [6.45, 7) is 5.24. The zero-order valence-corrected chi connectivity index (χ0v) is 16.7. The Hall–Kier alpha value is -2.14. The lowest BCUT2D eigenvalue weighted by molar-refractivity contribution is 0.393. The highest BCUT2D eigenvalue weighted by Gasteiger charge is 2.19. The third-order valence-corrected chi connectivity index (χ3v) is 5.66. The van der Waals surface area contributed by atoms with Gasteiger partial charge in [0.05, 0.1) is 26.8 Å². The molecule has 0 fully saturated rings. The molecule has 26 heavy (non-hydrogen) atoms. The minimum atomic E-state index is 0.149. The Bertz CT molecular complexity index is 782. The van der Waals surface area contributed by atoms with E-state index in [9.17, 15) is 0 Å². The van der Waals surface area contributed by atoms with Gasteiger partial charge >= 0.3 is 0 Å². The number of aliphatic imine (C=N–C) groups is 1. The Morgan fingerprint density at radius 2 is 1.85 bits per heavy atom. The van der Waals surface area contributed by atoms with Gasteiger partial charge in [-0.05, 0) is 54.7 Å². The molecular weight excluding hydrogens is 344 g/mol. The number of hydrogen-bond donors (Lipinski definition) is 1. The lowest BCUT2D eigenvalue weighted by atomic mass is 9.93. The monoisotopic (exact) mass is 370 g/mol. The van der Waals surface area contributed by atoms with E-state index in [0.717, 1.165) is 35.4 Å². The molecule has 0 saturated carbocycles. The SMILES string of the molecule is COc1cc(CC(NC2=NCCS2)c2cccc(C)c2C)cc(OC)c1. The van der Waals surface area contributed by atoms with Crippen LogP contribution in [0.2, 0.25) is 0 Å². The summed E-state index contributed by atoms with van der Waals surface area (Å²) in [5, 5.41) is 4.69. The average molecular weight is 371 g/mol. The lowest BCUT2D eigenvalue weighted by Crippen LogP contribution is -2.28. The molecule has 0 aromatic heterocycles. The maximum absolute atomic E-state index is 5.43. The molecule has 1 aliphatic heterocycles. The van der Waals surface area contributed by atoms with Crippen LogP contribution in [-0.2, 0) is 6.42 Å². The molecule has 0 spiro atoms. The number of hydrogen-bond acceptors (Lipinski definition) is 5. The summed E-state index contributed by atoms with van der Waals surface area (Å²) in [6, 6.07) is 12.7. The minimum Gasteiger partial charge on any atom is -0.497 e. The summed E-state index contributed by atoms with van der Waals surface area (Å²) in [4.78, 5) is 4.58. The van der Waals surface area contributed by atoms with Crippen LogP contribution in [-0.4, -0.2) is 31.7 Å². The number of nitrogens with one attached hydrogen (secondary N) is 1. The molecule has 2 aromatic carbocycles. The largest absolute Gasteiger partial charge is 0.497 e. The number of amidine groups is 1. The van der Waals surface area contributed by atoms with E-state index in [-0.39, 0.29) is 6.04 Å². The van der Waals surface area contributed by atoms with Gasteiger partial charge in [-0.3, -0.25) is 4.99 Å². The lowest BCUT2D eigenvalue weighted by Gasteiger charge is -2.23. The summed E-state index contributed by atoms with van der Waals surface area (Å²) in [5.74, 6) is 2.67. The summed E-state index contributed by atoms with van der Waals surface area (Å²) in [6.07, 6.45) is 0.831. The predicted molar refractivity (Wildman–Crippen MR) is 110 cm³/mol. The fraction of sp³-hybridized carbons (Fsp3) is 0.381. The number of thioether (sulfide) groups is 1. The van der Waals surface area contributed by atoms with Crippen molar-refractivity contribution >= 4 is 16.9 Å². The second-order valence-corrected chi connectivity index (χ2v) is 7.53.